The molecule has 6 heteroatoms. The highest BCUT2D eigenvalue weighted by atomic mass is 16.5. The summed E-state index contributed by atoms with van der Waals surface area (Å²) in [6.45, 7) is 1.94. The SMILES string of the molecule is COc1ccc(N)c(-c2nc(-c3ncccc3C)no2)c1. The second kappa shape index (κ2) is 5.24. The van der Waals surface area contributed by atoms with Gasteiger partial charge in [0.05, 0.1) is 12.7 Å². The maximum Gasteiger partial charge on any atom is 0.260 e. The molecule has 0 saturated carbocycles. The smallest absolute Gasteiger partial charge is 0.260 e. The molecule has 2 N–H and O–H groups in total. The maximum atomic E-state index is 5.96. The van der Waals surface area contributed by atoms with Crippen molar-refractivity contribution in [2.75, 3.05) is 12.8 Å². The molecule has 0 unspecified atom stereocenters. The Bertz CT molecular complexity index is 783. The summed E-state index contributed by atoms with van der Waals surface area (Å²) in [5.74, 6) is 1.45. The van der Waals surface area contributed by atoms with Crippen molar-refractivity contribution in [2.24, 2.45) is 0 Å². The highest BCUT2D eigenvalue weighted by molar-refractivity contribution is 5.73. The van der Waals surface area contributed by atoms with E-state index < -0.39 is 0 Å². The van der Waals surface area contributed by atoms with Gasteiger partial charge in [-0.3, -0.25) is 4.98 Å². The first-order valence-electron chi connectivity index (χ1n) is 6.38. The molecule has 0 aliphatic rings. The van der Waals surface area contributed by atoms with Gasteiger partial charge in [0.2, 0.25) is 5.82 Å². The number of aromatic nitrogens is 3. The summed E-state index contributed by atoms with van der Waals surface area (Å²) in [5, 5.41) is 3.98. The Balaban J connectivity index is 2.05. The van der Waals surface area contributed by atoms with Gasteiger partial charge in [0.1, 0.15) is 11.4 Å². The molecule has 0 aliphatic heterocycles. The van der Waals surface area contributed by atoms with E-state index in [0.29, 0.717) is 34.4 Å². The molecule has 2 heterocycles. The Kier molecular flexibility index (Phi) is 3.27. The van der Waals surface area contributed by atoms with Gasteiger partial charge in [-0.1, -0.05) is 11.2 Å². The van der Waals surface area contributed by atoms with Crippen LogP contribution >= 0.6 is 0 Å². The van der Waals surface area contributed by atoms with Crippen LogP contribution in [-0.2, 0) is 0 Å². The molecule has 0 saturated heterocycles. The van der Waals surface area contributed by atoms with Gasteiger partial charge in [0, 0.05) is 11.9 Å². The predicted octanol–water partition coefficient (Wildman–Crippen LogP) is 2.70. The van der Waals surface area contributed by atoms with E-state index in [0.717, 1.165) is 5.56 Å². The van der Waals surface area contributed by atoms with Gasteiger partial charge < -0.3 is 15.0 Å². The Morgan fingerprint density at radius 1 is 1.24 bits per heavy atom. The van der Waals surface area contributed by atoms with Crippen LogP contribution in [0, 0.1) is 6.92 Å². The number of hydrogen-bond donors (Lipinski definition) is 1. The lowest BCUT2D eigenvalue weighted by atomic mass is 10.1. The lowest BCUT2D eigenvalue weighted by Gasteiger charge is -2.03. The summed E-state index contributed by atoms with van der Waals surface area (Å²) >= 11 is 0. The quantitative estimate of drug-likeness (QED) is 0.743. The molecule has 0 aliphatic carbocycles. The van der Waals surface area contributed by atoms with E-state index in [1.54, 1.807) is 31.5 Å². The lowest BCUT2D eigenvalue weighted by molar-refractivity contribution is 0.413. The topological polar surface area (TPSA) is 87.1 Å². The third kappa shape index (κ3) is 2.43. The van der Waals surface area contributed by atoms with Crippen molar-refractivity contribution in [3.63, 3.8) is 0 Å². The zero-order chi connectivity index (χ0) is 14.8. The number of pyridine rings is 1. The molecule has 6 nitrogen and oxygen atoms in total. The molecule has 0 bridgehead atoms. The number of nitrogen functional groups attached to an aromatic ring is 1. The second-order valence-corrected chi connectivity index (χ2v) is 4.55. The van der Waals surface area contributed by atoms with Gasteiger partial charge in [-0.15, -0.1) is 0 Å². The van der Waals surface area contributed by atoms with E-state index >= 15 is 0 Å². The Morgan fingerprint density at radius 2 is 2.10 bits per heavy atom. The zero-order valence-corrected chi connectivity index (χ0v) is 11.7. The van der Waals surface area contributed by atoms with Gasteiger partial charge >= 0.3 is 0 Å². The summed E-state index contributed by atoms with van der Waals surface area (Å²) in [6.07, 6.45) is 1.69. The molecular formula is C15H14N4O2. The number of hydrogen-bond acceptors (Lipinski definition) is 6. The first kappa shape index (κ1) is 13.1. The average molecular weight is 282 g/mol. The predicted molar refractivity (Wildman–Crippen MR) is 78.7 cm³/mol. The van der Waals surface area contributed by atoms with Gasteiger partial charge in [-0.2, -0.15) is 4.98 Å². The van der Waals surface area contributed by atoms with Crippen LogP contribution in [0.15, 0.2) is 41.1 Å². The fourth-order valence-corrected chi connectivity index (χ4v) is 2.00. The summed E-state index contributed by atoms with van der Waals surface area (Å²) in [6, 6.07) is 9.08. The molecule has 0 amide bonds. The van der Waals surface area contributed by atoms with Crippen LogP contribution in [0.4, 0.5) is 5.69 Å². The van der Waals surface area contributed by atoms with Crippen LogP contribution in [0.2, 0.25) is 0 Å². The van der Waals surface area contributed by atoms with Crippen LogP contribution in [0.5, 0.6) is 5.75 Å². The van der Waals surface area contributed by atoms with E-state index in [-0.39, 0.29) is 0 Å². The average Bonchev–Trinajstić information content (AvgIpc) is 2.97. The molecule has 2 aromatic heterocycles. The fraction of sp³-hybridized carbons (Fsp3) is 0.133. The highest BCUT2D eigenvalue weighted by Gasteiger charge is 2.15. The van der Waals surface area contributed by atoms with Crippen molar-refractivity contribution in [3.05, 3.63) is 42.1 Å². The van der Waals surface area contributed by atoms with Crippen molar-refractivity contribution < 1.29 is 9.26 Å². The first-order chi connectivity index (χ1) is 10.2. The van der Waals surface area contributed by atoms with Crippen LogP contribution in [0.3, 0.4) is 0 Å². The van der Waals surface area contributed by atoms with Crippen LogP contribution < -0.4 is 10.5 Å². The fourth-order valence-electron chi connectivity index (χ4n) is 2.00. The molecule has 0 spiro atoms. The standard InChI is InChI=1S/C15H14N4O2/c1-9-4-3-7-17-13(9)14-18-15(21-19-14)11-8-10(20-2)5-6-12(11)16/h3-8H,16H2,1-2H3. The molecule has 0 fully saturated rings. The van der Waals surface area contributed by atoms with E-state index in [1.165, 1.54) is 0 Å². The first-order valence-corrected chi connectivity index (χ1v) is 6.38. The van der Waals surface area contributed by atoms with Gasteiger partial charge in [-0.25, -0.2) is 0 Å². The Labute approximate surface area is 121 Å². The lowest BCUT2D eigenvalue weighted by Crippen LogP contribution is -1.92. The second-order valence-electron chi connectivity index (χ2n) is 4.55. The monoisotopic (exact) mass is 282 g/mol. The normalized spacial score (nSPS) is 10.6. The van der Waals surface area contributed by atoms with E-state index in [4.69, 9.17) is 15.0 Å². The summed E-state index contributed by atoms with van der Waals surface area (Å²) < 4.78 is 10.5. The number of anilines is 1. The Morgan fingerprint density at radius 3 is 2.86 bits per heavy atom. The third-order valence-corrected chi connectivity index (χ3v) is 3.14. The van der Waals surface area contributed by atoms with Gasteiger partial charge in [-0.05, 0) is 36.8 Å². The van der Waals surface area contributed by atoms with Crippen molar-refractivity contribution in [3.8, 4) is 28.7 Å². The summed E-state index contributed by atoms with van der Waals surface area (Å²) in [5.41, 5.74) is 8.80. The minimum absolute atomic E-state index is 0.339. The molecule has 106 valence electrons. The molecular weight excluding hydrogens is 268 g/mol. The van der Waals surface area contributed by atoms with E-state index in [1.807, 2.05) is 19.1 Å². The summed E-state index contributed by atoms with van der Waals surface area (Å²) in [4.78, 5) is 8.64. The molecule has 0 radical (unpaired) electrons. The van der Waals surface area contributed by atoms with E-state index in [2.05, 4.69) is 15.1 Å². The summed E-state index contributed by atoms with van der Waals surface area (Å²) in [7, 11) is 1.59. The van der Waals surface area contributed by atoms with Crippen molar-refractivity contribution >= 4 is 5.69 Å². The van der Waals surface area contributed by atoms with Gasteiger partial charge in [0.25, 0.3) is 5.89 Å². The van der Waals surface area contributed by atoms with Crippen molar-refractivity contribution in [1.29, 1.82) is 0 Å². The zero-order valence-electron chi connectivity index (χ0n) is 11.7. The maximum absolute atomic E-state index is 5.96. The molecule has 1 aromatic carbocycles. The number of ether oxygens (including phenoxy) is 1. The minimum Gasteiger partial charge on any atom is -0.497 e. The number of benzene rings is 1. The van der Waals surface area contributed by atoms with Crippen LogP contribution in [0.1, 0.15) is 5.56 Å². The van der Waals surface area contributed by atoms with E-state index in [9.17, 15) is 0 Å². The van der Waals surface area contributed by atoms with Crippen LogP contribution in [-0.4, -0.2) is 22.2 Å². The molecule has 3 rings (SSSR count). The van der Waals surface area contributed by atoms with Crippen LogP contribution in [0.25, 0.3) is 23.0 Å². The highest BCUT2D eigenvalue weighted by Crippen LogP contribution is 2.30. The van der Waals surface area contributed by atoms with Crippen molar-refractivity contribution in [2.45, 2.75) is 6.92 Å². The molecule has 0 atom stereocenters. The minimum atomic E-state index is 0.339. The number of nitrogens with zero attached hydrogens (tertiary/aromatic N) is 3. The number of aryl methyl sites for hydroxylation is 1. The largest absolute Gasteiger partial charge is 0.497 e. The molecule has 21 heavy (non-hydrogen) atoms. The third-order valence-electron chi connectivity index (χ3n) is 3.14. The van der Waals surface area contributed by atoms with Crippen molar-refractivity contribution in [1.82, 2.24) is 15.1 Å². The molecule has 3 aromatic rings. The number of methoxy groups -OCH3 is 1. The Hall–Kier alpha value is -2.89. The van der Waals surface area contributed by atoms with Gasteiger partial charge in [0.15, 0.2) is 0 Å². The number of rotatable bonds is 3. The number of nitrogens with two attached hydrogens (primary N) is 1.